The molecule has 16 heavy (non-hydrogen) atoms. The molecule has 0 unspecified atom stereocenters. The van der Waals surface area contributed by atoms with Crippen molar-refractivity contribution in [3.05, 3.63) is 12.2 Å². The van der Waals surface area contributed by atoms with Gasteiger partial charge in [-0.1, -0.05) is 13.8 Å². The lowest BCUT2D eigenvalue weighted by Gasteiger charge is -2.17. The summed E-state index contributed by atoms with van der Waals surface area (Å²) in [6.07, 6.45) is 3.67. The van der Waals surface area contributed by atoms with Crippen molar-refractivity contribution in [1.29, 1.82) is 0 Å². The number of nitrogens with zero attached hydrogens (tertiary/aromatic N) is 1. The third kappa shape index (κ3) is 4.14. The summed E-state index contributed by atoms with van der Waals surface area (Å²) < 4.78 is 0. The van der Waals surface area contributed by atoms with Gasteiger partial charge in [-0.3, -0.25) is 9.59 Å². The number of hydrogen-bond donors (Lipinski definition) is 1. The van der Waals surface area contributed by atoms with Crippen molar-refractivity contribution >= 4 is 11.7 Å². The first-order valence-electron chi connectivity index (χ1n) is 5.72. The number of carbonyl (C=O) groups is 2. The highest BCUT2D eigenvalue weighted by Crippen LogP contribution is 2.10. The topological polar surface area (TPSA) is 49.4 Å². The predicted octanol–water partition coefficient (Wildman–Crippen LogP) is 0.730. The van der Waals surface area contributed by atoms with Gasteiger partial charge in [-0.05, 0) is 19.4 Å². The van der Waals surface area contributed by atoms with E-state index >= 15 is 0 Å². The second-order valence-electron chi connectivity index (χ2n) is 4.54. The quantitative estimate of drug-likeness (QED) is 0.716. The maximum Gasteiger partial charge on any atom is 0.246 e. The second-order valence-corrected chi connectivity index (χ2v) is 4.54. The molecule has 0 bridgehead atoms. The van der Waals surface area contributed by atoms with E-state index in [1.54, 1.807) is 4.90 Å². The van der Waals surface area contributed by atoms with Crippen molar-refractivity contribution in [1.82, 2.24) is 10.2 Å². The average molecular weight is 224 g/mol. The molecular weight excluding hydrogens is 204 g/mol. The fraction of sp³-hybridized carbons (Fsp3) is 0.667. The van der Waals surface area contributed by atoms with Gasteiger partial charge in [0, 0.05) is 31.2 Å². The van der Waals surface area contributed by atoms with Crippen LogP contribution in [0.1, 0.15) is 27.2 Å². The molecule has 1 atom stereocenters. The first kappa shape index (κ1) is 12.9. The number of carbonyl (C=O) groups excluding carboxylic acids is 2. The number of nitrogens with one attached hydrogen (secondary N) is 1. The Bertz CT molecular complexity index is 297. The minimum absolute atomic E-state index is 0.0664. The van der Waals surface area contributed by atoms with E-state index in [1.165, 1.54) is 19.1 Å². The van der Waals surface area contributed by atoms with Crippen LogP contribution < -0.4 is 5.32 Å². The molecule has 1 saturated heterocycles. The van der Waals surface area contributed by atoms with Crippen molar-refractivity contribution < 1.29 is 9.59 Å². The fourth-order valence-corrected chi connectivity index (χ4v) is 1.86. The molecule has 0 saturated carbocycles. The lowest BCUT2D eigenvalue weighted by molar-refractivity contribution is -0.125. The van der Waals surface area contributed by atoms with Gasteiger partial charge in [0.25, 0.3) is 0 Å². The van der Waals surface area contributed by atoms with Crippen molar-refractivity contribution in [3.63, 3.8) is 0 Å². The van der Waals surface area contributed by atoms with Crippen LogP contribution in [0.2, 0.25) is 0 Å². The molecule has 1 aliphatic rings. The number of ketones is 1. The second kappa shape index (κ2) is 5.80. The average Bonchev–Trinajstić information content (AvgIpc) is 2.61. The first-order valence-corrected chi connectivity index (χ1v) is 5.72. The Morgan fingerprint density at radius 1 is 1.38 bits per heavy atom. The molecule has 0 aromatic heterocycles. The summed E-state index contributed by atoms with van der Waals surface area (Å²) in [5.41, 5.74) is 0. The van der Waals surface area contributed by atoms with Gasteiger partial charge in [0.15, 0.2) is 5.78 Å². The lowest BCUT2D eigenvalue weighted by atomic mass is 10.2. The van der Waals surface area contributed by atoms with E-state index in [0.29, 0.717) is 12.1 Å². The zero-order valence-electron chi connectivity index (χ0n) is 10.2. The van der Waals surface area contributed by atoms with Gasteiger partial charge in [-0.2, -0.15) is 0 Å². The van der Waals surface area contributed by atoms with Crippen LogP contribution in [0.4, 0.5) is 0 Å². The molecule has 0 radical (unpaired) electrons. The summed E-state index contributed by atoms with van der Waals surface area (Å²) in [5.74, 6) is -0.160. The number of amides is 1. The number of allylic oxidation sites excluding steroid dienone is 1. The molecule has 1 aliphatic heterocycles. The van der Waals surface area contributed by atoms with Crippen LogP contribution in [0.5, 0.6) is 0 Å². The zero-order valence-corrected chi connectivity index (χ0v) is 10.2. The monoisotopic (exact) mass is 224 g/mol. The maximum atomic E-state index is 11.6. The molecule has 1 fully saturated rings. The van der Waals surface area contributed by atoms with E-state index in [-0.39, 0.29) is 11.7 Å². The molecule has 0 aromatic carbocycles. The Morgan fingerprint density at radius 2 is 2.06 bits per heavy atom. The van der Waals surface area contributed by atoms with Gasteiger partial charge in [0.1, 0.15) is 0 Å². The van der Waals surface area contributed by atoms with Crippen molar-refractivity contribution in [2.45, 2.75) is 39.3 Å². The highest BCUT2D eigenvalue weighted by Gasteiger charge is 2.24. The van der Waals surface area contributed by atoms with Gasteiger partial charge in [-0.25, -0.2) is 0 Å². The molecule has 0 aromatic rings. The zero-order chi connectivity index (χ0) is 12.1. The van der Waals surface area contributed by atoms with Crippen LogP contribution in [0.25, 0.3) is 0 Å². The van der Waals surface area contributed by atoms with Crippen LogP contribution in [-0.2, 0) is 9.59 Å². The standard InChI is InChI=1S/C12H20N2O2/c1-9(2)13-11-6-7-14(8-11)12(16)5-4-10(3)15/h4-5,9,11,13H,6-8H2,1-3H3/b5-4+/t11-/m0/s1. The van der Waals surface area contributed by atoms with E-state index in [2.05, 4.69) is 19.2 Å². The molecule has 4 nitrogen and oxygen atoms in total. The molecule has 0 spiro atoms. The smallest absolute Gasteiger partial charge is 0.246 e. The first-order chi connectivity index (χ1) is 7.49. The van der Waals surface area contributed by atoms with E-state index < -0.39 is 0 Å². The lowest BCUT2D eigenvalue weighted by Crippen LogP contribution is -2.38. The fourth-order valence-electron chi connectivity index (χ4n) is 1.86. The Balaban J connectivity index is 2.40. The van der Waals surface area contributed by atoms with Crippen molar-refractivity contribution in [3.8, 4) is 0 Å². The Kier molecular flexibility index (Phi) is 4.68. The van der Waals surface area contributed by atoms with Crippen molar-refractivity contribution in [2.24, 2.45) is 0 Å². The molecule has 1 N–H and O–H groups in total. The number of hydrogen-bond acceptors (Lipinski definition) is 3. The predicted molar refractivity (Wildman–Crippen MR) is 63.1 cm³/mol. The van der Waals surface area contributed by atoms with Crippen molar-refractivity contribution in [2.75, 3.05) is 13.1 Å². The van der Waals surface area contributed by atoms with Crippen LogP contribution in [-0.4, -0.2) is 41.8 Å². The van der Waals surface area contributed by atoms with E-state index in [4.69, 9.17) is 0 Å². The maximum absolute atomic E-state index is 11.6. The molecule has 4 heteroatoms. The van der Waals surface area contributed by atoms with Gasteiger partial charge < -0.3 is 10.2 Å². The molecule has 1 rings (SSSR count). The van der Waals surface area contributed by atoms with Gasteiger partial charge in [-0.15, -0.1) is 0 Å². The molecule has 0 aliphatic carbocycles. The van der Waals surface area contributed by atoms with E-state index in [1.807, 2.05) is 0 Å². The van der Waals surface area contributed by atoms with Crippen LogP contribution in [0.3, 0.4) is 0 Å². The Hall–Kier alpha value is -1.16. The summed E-state index contributed by atoms with van der Waals surface area (Å²) in [6, 6.07) is 0.822. The van der Waals surface area contributed by atoms with Crippen LogP contribution in [0.15, 0.2) is 12.2 Å². The number of likely N-dealkylation sites (tertiary alicyclic amines) is 1. The van der Waals surface area contributed by atoms with Crippen LogP contribution in [0, 0.1) is 0 Å². The third-order valence-electron chi connectivity index (χ3n) is 2.53. The molecule has 1 amide bonds. The van der Waals surface area contributed by atoms with E-state index in [9.17, 15) is 9.59 Å². The number of rotatable bonds is 4. The van der Waals surface area contributed by atoms with E-state index in [0.717, 1.165) is 19.5 Å². The summed E-state index contributed by atoms with van der Waals surface area (Å²) in [6.45, 7) is 7.14. The minimum atomic E-state index is -0.0931. The Labute approximate surface area is 96.7 Å². The van der Waals surface area contributed by atoms with Gasteiger partial charge in [0.05, 0.1) is 0 Å². The normalized spacial score (nSPS) is 21.0. The highest BCUT2D eigenvalue weighted by molar-refractivity contribution is 5.96. The van der Waals surface area contributed by atoms with Gasteiger partial charge >= 0.3 is 0 Å². The SMILES string of the molecule is CC(=O)/C=C/C(=O)N1CC[C@H](NC(C)C)C1. The van der Waals surface area contributed by atoms with Crippen LogP contribution >= 0.6 is 0 Å². The molecule has 90 valence electrons. The summed E-state index contributed by atoms with van der Waals surface area (Å²) in [7, 11) is 0. The summed E-state index contributed by atoms with van der Waals surface area (Å²) >= 11 is 0. The third-order valence-corrected chi connectivity index (χ3v) is 2.53. The molecule has 1 heterocycles. The summed E-state index contributed by atoms with van der Waals surface area (Å²) in [4.78, 5) is 24.1. The minimum Gasteiger partial charge on any atom is -0.338 e. The summed E-state index contributed by atoms with van der Waals surface area (Å²) in [5, 5.41) is 3.41. The largest absolute Gasteiger partial charge is 0.338 e. The molecular formula is C12H20N2O2. The highest BCUT2D eigenvalue weighted by atomic mass is 16.2. The van der Waals surface area contributed by atoms with Gasteiger partial charge in [0.2, 0.25) is 5.91 Å². The Morgan fingerprint density at radius 3 is 2.62 bits per heavy atom.